The highest BCUT2D eigenvalue weighted by Crippen LogP contribution is 2.13. The highest BCUT2D eigenvalue weighted by molar-refractivity contribution is 5.86. The first kappa shape index (κ1) is 13.9. The second-order valence-corrected chi connectivity index (χ2v) is 3.01. The third kappa shape index (κ3) is 4.80. The van der Waals surface area contributed by atoms with Crippen molar-refractivity contribution >= 4 is 5.97 Å². The summed E-state index contributed by atoms with van der Waals surface area (Å²) >= 11 is 0. The summed E-state index contributed by atoms with van der Waals surface area (Å²) in [6, 6.07) is 0. The van der Waals surface area contributed by atoms with E-state index in [1.54, 1.807) is 0 Å². The summed E-state index contributed by atoms with van der Waals surface area (Å²) in [5.74, 6) is -0.902. The zero-order valence-corrected chi connectivity index (χ0v) is 8.18. The van der Waals surface area contributed by atoms with Crippen LogP contribution in [0.1, 0.15) is 6.92 Å². The van der Waals surface area contributed by atoms with Crippen molar-refractivity contribution in [2.24, 2.45) is 0 Å². The van der Waals surface area contributed by atoms with E-state index in [9.17, 15) is 22.4 Å². The Bertz CT molecular complexity index is 232. The van der Waals surface area contributed by atoms with Crippen molar-refractivity contribution in [2.45, 2.75) is 25.4 Å². The molecule has 0 saturated heterocycles. The predicted octanol–water partition coefficient (Wildman–Crippen LogP) is 2.09. The lowest BCUT2D eigenvalue weighted by atomic mass is 10.2. The van der Waals surface area contributed by atoms with Crippen LogP contribution in [0.4, 0.5) is 17.6 Å². The smallest absolute Gasteiger partial charge is 0.333 e. The molecule has 0 spiro atoms. The first-order valence-electron chi connectivity index (χ1n) is 4.21. The number of hydrogen-bond acceptors (Lipinski definition) is 2. The molecule has 0 fully saturated rings. The topological polar surface area (TPSA) is 26.3 Å². The molecule has 0 saturated carbocycles. The Labute approximate surface area is 84.9 Å². The molecule has 0 aliphatic heterocycles. The molecule has 15 heavy (non-hydrogen) atoms. The Kier molecular flexibility index (Phi) is 5.96. The minimum Gasteiger partial charge on any atom is -0.459 e. The number of rotatable bonds is 6. The summed E-state index contributed by atoms with van der Waals surface area (Å²) in [4.78, 5) is 10.7. The van der Waals surface area contributed by atoms with Crippen LogP contribution in [0, 0.1) is 0 Å². The maximum absolute atomic E-state index is 12.8. The molecule has 88 valence electrons. The van der Waals surface area contributed by atoms with Crippen LogP contribution in [0.2, 0.25) is 0 Å². The van der Waals surface area contributed by atoms with Crippen molar-refractivity contribution in [3.8, 4) is 0 Å². The van der Waals surface area contributed by atoms with Crippen molar-refractivity contribution in [1.29, 1.82) is 0 Å². The molecule has 0 rings (SSSR count). The van der Waals surface area contributed by atoms with Gasteiger partial charge in [-0.05, 0) is 6.92 Å². The van der Waals surface area contributed by atoms with Gasteiger partial charge in [-0.25, -0.2) is 22.4 Å². The van der Waals surface area contributed by atoms with Gasteiger partial charge in [0.15, 0.2) is 18.5 Å². The van der Waals surface area contributed by atoms with E-state index >= 15 is 0 Å². The molecule has 2 nitrogen and oxygen atoms in total. The Morgan fingerprint density at radius 1 is 1.33 bits per heavy atom. The van der Waals surface area contributed by atoms with Crippen LogP contribution in [0.5, 0.6) is 0 Å². The highest BCUT2D eigenvalue weighted by atomic mass is 19.2. The first-order valence-corrected chi connectivity index (χ1v) is 4.21. The van der Waals surface area contributed by atoms with E-state index in [1.807, 2.05) is 0 Å². The fraction of sp³-hybridized carbons (Fsp3) is 0.667. The first-order chi connectivity index (χ1) is 6.90. The zero-order chi connectivity index (χ0) is 12.0. The molecule has 0 aromatic rings. The van der Waals surface area contributed by atoms with Crippen molar-refractivity contribution in [3.63, 3.8) is 0 Å². The van der Waals surface area contributed by atoms with Crippen LogP contribution < -0.4 is 0 Å². The summed E-state index contributed by atoms with van der Waals surface area (Å²) in [7, 11) is 0. The lowest BCUT2D eigenvalue weighted by molar-refractivity contribution is -0.141. The number of esters is 1. The summed E-state index contributed by atoms with van der Waals surface area (Å²) in [6.07, 6.45) is -7.55. The highest BCUT2D eigenvalue weighted by Gasteiger charge is 2.30. The largest absolute Gasteiger partial charge is 0.459 e. The lowest BCUT2D eigenvalue weighted by Crippen LogP contribution is -2.33. The van der Waals surface area contributed by atoms with E-state index in [4.69, 9.17) is 0 Å². The standard InChI is InChI=1S/C9H12F4O2/c1-5(2)9(14)15-4-7(12)8(13)6(11)3-10/h6-8H,1,3-4H2,2H3. The van der Waals surface area contributed by atoms with Gasteiger partial charge in [-0.1, -0.05) is 6.58 Å². The molecular weight excluding hydrogens is 216 g/mol. The van der Waals surface area contributed by atoms with Crippen LogP contribution in [-0.4, -0.2) is 37.8 Å². The summed E-state index contributed by atoms with van der Waals surface area (Å²) < 4.78 is 53.6. The Morgan fingerprint density at radius 3 is 2.27 bits per heavy atom. The summed E-state index contributed by atoms with van der Waals surface area (Å²) in [6.45, 7) is 1.96. The van der Waals surface area contributed by atoms with E-state index in [-0.39, 0.29) is 5.57 Å². The number of halogens is 4. The van der Waals surface area contributed by atoms with Gasteiger partial charge in [0.05, 0.1) is 0 Å². The van der Waals surface area contributed by atoms with E-state index in [1.165, 1.54) is 6.92 Å². The van der Waals surface area contributed by atoms with Gasteiger partial charge in [0.1, 0.15) is 13.3 Å². The number of hydrogen-bond donors (Lipinski definition) is 0. The van der Waals surface area contributed by atoms with Crippen molar-refractivity contribution in [3.05, 3.63) is 12.2 Å². The van der Waals surface area contributed by atoms with Crippen molar-refractivity contribution < 1.29 is 27.1 Å². The number of carbonyl (C=O) groups is 1. The summed E-state index contributed by atoms with van der Waals surface area (Å²) in [5.41, 5.74) is 0.0138. The van der Waals surface area contributed by atoms with Gasteiger partial charge in [0.25, 0.3) is 0 Å². The molecule has 0 bridgehead atoms. The molecular formula is C9H12F4O2. The van der Waals surface area contributed by atoms with Crippen LogP contribution in [0.15, 0.2) is 12.2 Å². The van der Waals surface area contributed by atoms with Gasteiger partial charge < -0.3 is 4.74 Å². The minimum absolute atomic E-state index is 0.0138. The van der Waals surface area contributed by atoms with Crippen LogP contribution in [0.25, 0.3) is 0 Å². The average molecular weight is 228 g/mol. The summed E-state index contributed by atoms with van der Waals surface area (Å²) in [5, 5.41) is 0. The van der Waals surface area contributed by atoms with Crippen molar-refractivity contribution in [1.82, 2.24) is 0 Å². The van der Waals surface area contributed by atoms with Crippen molar-refractivity contribution in [2.75, 3.05) is 13.3 Å². The molecule has 6 heteroatoms. The second kappa shape index (κ2) is 6.42. The van der Waals surface area contributed by atoms with Crippen LogP contribution >= 0.6 is 0 Å². The van der Waals surface area contributed by atoms with Gasteiger partial charge in [0.2, 0.25) is 0 Å². The molecule has 0 aromatic heterocycles. The lowest BCUT2D eigenvalue weighted by Gasteiger charge is -2.15. The van der Waals surface area contributed by atoms with E-state index in [0.29, 0.717) is 0 Å². The molecule has 0 amide bonds. The van der Waals surface area contributed by atoms with Crippen LogP contribution in [-0.2, 0) is 9.53 Å². The van der Waals surface area contributed by atoms with Gasteiger partial charge in [-0.15, -0.1) is 0 Å². The Hall–Kier alpha value is -1.07. The third-order valence-corrected chi connectivity index (χ3v) is 1.56. The Morgan fingerprint density at radius 2 is 1.87 bits per heavy atom. The predicted molar refractivity (Wildman–Crippen MR) is 46.4 cm³/mol. The molecule has 0 radical (unpaired) electrons. The normalized spacial score (nSPS) is 16.6. The molecule has 3 atom stereocenters. The maximum atomic E-state index is 12.8. The molecule has 0 heterocycles. The fourth-order valence-electron chi connectivity index (χ4n) is 0.682. The third-order valence-electron chi connectivity index (χ3n) is 1.56. The molecule has 0 N–H and O–H groups in total. The van der Waals surface area contributed by atoms with Crippen LogP contribution in [0.3, 0.4) is 0 Å². The monoisotopic (exact) mass is 228 g/mol. The molecule has 0 aromatic carbocycles. The SMILES string of the molecule is C=C(C)C(=O)OCC(F)C(F)C(F)CF. The maximum Gasteiger partial charge on any atom is 0.333 e. The number of ether oxygens (including phenoxy) is 1. The number of alkyl halides is 4. The minimum atomic E-state index is -2.63. The van der Waals surface area contributed by atoms with E-state index in [2.05, 4.69) is 11.3 Å². The van der Waals surface area contributed by atoms with Gasteiger partial charge >= 0.3 is 5.97 Å². The molecule has 0 aliphatic rings. The van der Waals surface area contributed by atoms with E-state index in [0.717, 1.165) is 0 Å². The quantitative estimate of drug-likeness (QED) is 0.395. The van der Waals surface area contributed by atoms with E-state index < -0.39 is 37.8 Å². The second-order valence-electron chi connectivity index (χ2n) is 3.01. The number of carbonyl (C=O) groups excluding carboxylic acids is 1. The average Bonchev–Trinajstić information content (AvgIpc) is 2.22. The molecule has 3 unspecified atom stereocenters. The zero-order valence-electron chi connectivity index (χ0n) is 8.18. The van der Waals surface area contributed by atoms with Gasteiger partial charge in [-0.3, -0.25) is 0 Å². The van der Waals surface area contributed by atoms with Gasteiger partial charge in [0, 0.05) is 5.57 Å². The fourth-order valence-corrected chi connectivity index (χ4v) is 0.682. The molecule has 0 aliphatic carbocycles. The van der Waals surface area contributed by atoms with Gasteiger partial charge in [-0.2, -0.15) is 0 Å². The Balaban J connectivity index is 3.98.